The number of halogens is 1. The van der Waals surface area contributed by atoms with Gasteiger partial charge in [-0.1, -0.05) is 0 Å². The fraction of sp³-hybridized carbons (Fsp3) is 0. The molecule has 0 bridgehead atoms. The summed E-state index contributed by atoms with van der Waals surface area (Å²) in [6, 6.07) is 0.937. The van der Waals surface area contributed by atoms with Gasteiger partial charge in [0.1, 0.15) is 5.56 Å². The van der Waals surface area contributed by atoms with Crippen molar-refractivity contribution in [2.45, 2.75) is 0 Å². The molecule has 0 saturated heterocycles. The predicted molar refractivity (Wildman–Crippen MR) is 49.2 cm³/mol. The molecule has 0 spiro atoms. The van der Waals surface area contributed by atoms with Crippen LogP contribution in [-0.2, 0) is 0 Å². The first-order valence-electron chi connectivity index (χ1n) is 2.88. The van der Waals surface area contributed by atoms with Gasteiger partial charge in [-0.05, 0) is 0 Å². The molecule has 7 heteroatoms. The van der Waals surface area contributed by atoms with Gasteiger partial charge in [0, 0.05) is 6.07 Å². The summed E-state index contributed by atoms with van der Waals surface area (Å²) in [5.74, 6) is -0.594. The first-order chi connectivity index (χ1) is 5.65. The third kappa shape index (κ3) is 1.72. The maximum atomic E-state index is 10.9. The summed E-state index contributed by atoms with van der Waals surface area (Å²) in [6.07, 6.45) is 0. The smallest absolute Gasteiger partial charge is 0.275 e. The van der Waals surface area contributed by atoms with Crippen molar-refractivity contribution in [2.24, 2.45) is 0 Å². The summed E-state index contributed by atoms with van der Waals surface area (Å²) in [5, 5.41) is 4.07. The number of hydrogen-bond donors (Lipinski definition) is 3. The van der Waals surface area contributed by atoms with Gasteiger partial charge in [0.25, 0.3) is 17.0 Å². The van der Waals surface area contributed by atoms with Gasteiger partial charge in [-0.2, -0.15) is 0 Å². The lowest BCUT2D eigenvalue weighted by Crippen LogP contribution is -2.28. The minimum atomic E-state index is -0.622. The quantitative estimate of drug-likeness (QED) is 0.462. The Morgan fingerprint density at radius 3 is 2.67 bits per heavy atom. The van der Waals surface area contributed by atoms with E-state index in [9.17, 15) is 14.4 Å². The van der Waals surface area contributed by atoms with Crippen LogP contribution in [0.4, 0.5) is 0 Å². The molecule has 12 heavy (non-hydrogen) atoms. The third-order valence-corrected chi connectivity index (χ3v) is 1.64. The van der Waals surface area contributed by atoms with Gasteiger partial charge in [-0.25, -0.2) is 0 Å². The Kier molecular flexibility index (Phi) is 2.63. The van der Waals surface area contributed by atoms with E-state index in [-0.39, 0.29) is 5.56 Å². The van der Waals surface area contributed by atoms with E-state index < -0.39 is 17.0 Å². The largest absolute Gasteiger partial charge is 0.294 e. The molecule has 1 rings (SSSR count). The van der Waals surface area contributed by atoms with E-state index in [1.165, 1.54) is 0 Å². The van der Waals surface area contributed by atoms with Crippen LogP contribution in [0.3, 0.4) is 0 Å². The average Bonchev–Trinajstić information content (AvgIpc) is 2.08. The summed E-state index contributed by atoms with van der Waals surface area (Å²) < 4.78 is 2.21. The van der Waals surface area contributed by atoms with Crippen molar-refractivity contribution in [2.75, 3.05) is 0 Å². The van der Waals surface area contributed by atoms with Crippen LogP contribution in [0, 0.1) is 0 Å². The number of hydrogen-bond acceptors (Lipinski definition) is 3. The molecule has 6 nitrogen and oxygen atoms in total. The molecule has 1 aromatic heterocycles. The van der Waals surface area contributed by atoms with Crippen LogP contribution >= 0.6 is 22.9 Å². The van der Waals surface area contributed by atoms with E-state index >= 15 is 0 Å². The molecule has 0 aliphatic heterocycles. The molecular weight excluding hydrogens is 277 g/mol. The molecule has 0 aliphatic rings. The molecule has 1 aromatic rings. The van der Waals surface area contributed by atoms with E-state index in [2.05, 4.69) is 3.53 Å². The zero-order valence-electron chi connectivity index (χ0n) is 5.68. The summed E-state index contributed by atoms with van der Waals surface area (Å²) in [6.45, 7) is 0. The Bertz CT molecular complexity index is 407. The standard InChI is InChI=1S/C5H4IN3O3/c6-7-4(11)2-1-3(10)8-9-5(2)12/h1H,(H,7,11)(H,8,10)(H,9,12). The summed E-state index contributed by atoms with van der Waals surface area (Å²) >= 11 is 1.58. The molecule has 0 atom stereocenters. The minimum absolute atomic E-state index is 0.201. The van der Waals surface area contributed by atoms with Crippen LogP contribution in [0.1, 0.15) is 10.4 Å². The van der Waals surface area contributed by atoms with Crippen molar-refractivity contribution in [3.63, 3.8) is 0 Å². The summed E-state index contributed by atoms with van der Waals surface area (Å²) in [4.78, 5) is 32.4. The Morgan fingerprint density at radius 1 is 1.42 bits per heavy atom. The van der Waals surface area contributed by atoms with Gasteiger partial charge in [0.2, 0.25) is 0 Å². The second-order valence-corrected chi connectivity index (χ2v) is 2.46. The van der Waals surface area contributed by atoms with Crippen molar-refractivity contribution in [3.05, 3.63) is 32.3 Å². The highest BCUT2D eigenvalue weighted by molar-refractivity contribution is 14.1. The van der Waals surface area contributed by atoms with Crippen LogP contribution in [0.2, 0.25) is 0 Å². The number of carbonyl (C=O) groups excluding carboxylic acids is 1. The van der Waals surface area contributed by atoms with E-state index in [4.69, 9.17) is 0 Å². The van der Waals surface area contributed by atoms with Crippen molar-refractivity contribution < 1.29 is 4.79 Å². The summed E-state index contributed by atoms with van der Waals surface area (Å²) in [5.41, 5.74) is -1.35. The molecule has 3 N–H and O–H groups in total. The SMILES string of the molecule is O=C(NI)c1cc(=O)[nH][nH]c1=O. The first kappa shape index (κ1) is 8.97. The highest BCUT2D eigenvalue weighted by atomic mass is 127. The molecule has 1 amide bonds. The van der Waals surface area contributed by atoms with E-state index in [0.717, 1.165) is 6.07 Å². The Morgan fingerprint density at radius 2 is 2.08 bits per heavy atom. The van der Waals surface area contributed by atoms with Crippen LogP contribution in [-0.4, -0.2) is 16.1 Å². The Hall–Kier alpha value is -1.12. The number of rotatable bonds is 1. The predicted octanol–water partition coefficient (Wildman–Crippen LogP) is -0.857. The lowest BCUT2D eigenvalue weighted by Gasteiger charge is -1.93. The monoisotopic (exact) mass is 281 g/mol. The van der Waals surface area contributed by atoms with Crippen molar-refractivity contribution >= 4 is 28.8 Å². The molecule has 0 unspecified atom stereocenters. The molecular formula is C5H4IN3O3. The second kappa shape index (κ2) is 3.52. The Labute approximate surface area is 79.9 Å². The zero-order valence-corrected chi connectivity index (χ0v) is 7.84. The van der Waals surface area contributed by atoms with E-state index in [1.54, 1.807) is 22.9 Å². The lowest BCUT2D eigenvalue weighted by atomic mass is 10.3. The molecule has 1 heterocycles. The topological polar surface area (TPSA) is 94.8 Å². The van der Waals surface area contributed by atoms with E-state index in [1.807, 2.05) is 10.2 Å². The molecule has 0 radical (unpaired) electrons. The highest BCUT2D eigenvalue weighted by Crippen LogP contribution is 1.85. The van der Waals surface area contributed by atoms with Crippen LogP contribution in [0.25, 0.3) is 0 Å². The van der Waals surface area contributed by atoms with E-state index in [0.29, 0.717) is 0 Å². The normalized spacial score (nSPS) is 9.42. The van der Waals surface area contributed by atoms with Gasteiger partial charge in [-0.3, -0.25) is 28.1 Å². The number of H-pyrrole nitrogens is 2. The number of carbonyl (C=O) groups is 1. The van der Waals surface area contributed by atoms with Crippen LogP contribution < -0.4 is 14.6 Å². The third-order valence-electron chi connectivity index (χ3n) is 1.15. The van der Waals surface area contributed by atoms with Gasteiger partial charge >= 0.3 is 0 Å². The molecule has 64 valence electrons. The highest BCUT2D eigenvalue weighted by Gasteiger charge is 2.08. The molecule has 0 fully saturated rings. The van der Waals surface area contributed by atoms with Gasteiger partial charge < -0.3 is 0 Å². The van der Waals surface area contributed by atoms with Gasteiger partial charge in [0.15, 0.2) is 0 Å². The van der Waals surface area contributed by atoms with Crippen LogP contribution in [0.5, 0.6) is 0 Å². The number of aromatic amines is 2. The van der Waals surface area contributed by atoms with Crippen LogP contribution in [0.15, 0.2) is 15.7 Å². The fourth-order valence-electron chi connectivity index (χ4n) is 0.638. The number of amides is 1. The number of aromatic nitrogens is 2. The fourth-order valence-corrected chi connectivity index (χ4v) is 0.929. The molecule has 0 aliphatic carbocycles. The second-order valence-electron chi connectivity index (χ2n) is 1.93. The maximum Gasteiger partial charge on any atom is 0.275 e. The zero-order chi connectivity index (χ0) is 9.14. The van der Waals surface area contributed by atoms with Crippen molar-refractivity contribution in [1.29, 1.82) is 0 Å². The van der Waals surface area contributed by atoms with Crippen molar-refractivity contribution in [3.8, 4) is 0 Å². The number of nitrogens with one attached hydrogen (secondary N) is 3. The van der Waals surface area contributed by atoms with Gasteiger partial charge in [-0.15, -0.1) is 0 Å². The Balaban J connectivity index is 3.32. The van der Waals surface area contributed by atoms with Crippen molar-refractivity contribution in [1.82, 2.24) is 13.7 Å². The van der Waals surface area contributed by atoms with Gasteiger partial charge in [0.05, 0.1) is 22.9 Å². The minimum Gasteiger partial charge on any atom is -0.294 e. The average molecular weight is 281 g/mol. The first-order valence-corrected chi connectivity index (χ1v) is 3.96. The maximum absolute atomic E-state index is 10.9. The molecule has 0 aromatic carbocycles. The molecule has 0 saturated carbocycles. The summed E-state index contributed by atoms with van der Waals surface area (Å²) in [7, 11) is 0. The lowest BCUT2D eigenvalue weighted by molar-refractivity contribution is 0.0988.